The Hall–Kier alpha value is -1.20. The van der Waals surface area contributed by atoms with Crippen LogP contribution in [0, 0.1) is 22.7 Å². The van der Waals surface area contributed by atoms with Crippen LogP contribution in [0.4, 0.5) is 0 Å². The molecule has 0 N–H and O–H groups in total. The highest BCUT2D eigenvalue weighted by Gasteiger charge is 2.51. The first-order valence-corrected chi connectivity index (χ1v) is 6.95. The van der Waals surface area contributed by atoms with E-state index in [0.29, 0.717) is 10.9 Å². The topological polar surface area (TPSA) is 33.0 Å². The fourth-order valence-corrected chi connectivity index (χ4v) is 2.99. The number of rotatable bonds is 2. The minimum absolute atomic E-state index is 0.242. The van der Waals surface area contributed by atoms with E-state index in [1.165, 1.54) is 0 Å². The second-order valence-electron chi connectivity index (χ2n) is 6.51. The summed E-state index contributed by atoms with van der Waals surface area (Å²) in [6.07, 6.45) is 1.76. The van der Waals surface area contributed by atoms with Crippen molar-refractivity contribution >= 4 is 11.6 Å². The Kier molecular flexibility index (Phi) is 3.53. The average molecular weight is 278 g/mol. The van der Waals surface area contributed by atoms with E-state index < -0.39 is 5.41 Å². The maximum absolute atomic E-state index is 9.64. The summed E-state index contributed by atoms with van der Waals surface area (Å²) in [5.41, 5.74) is 0.742. The van der Waals surface area contributed by atoms with Gasteiger partial charge in [0.15, 0.2) is 0 Å². The molecule has 1 aromatic rings. The van der Waals surface area contributed by atoms with Gasteiger partial charge in [0.25, 0.3) is 0 Å². The molecule has 0 unspecified atom stereocenters. The van der Waals surface area contributed by atoms with Gasteiger partial charge in [-0.3, -0.25) is 0 Å². The van der Waals surface area contributed by atoms with Crippen LogP contribution in [0.3, 0.4) is 0 Å². The second kappa shape index (κ2) is 4.72. The van der Waals surface area contributed by atoms with Gasteiger partial charge in [0.05, 0.1) is 18.6 Å². The molecule has 1 aliphatic rings. The zero-order valence-corrected chi connectivity index (χ0v) is 12.7. The van der Waals surface area contributed by atoms with E-state index >= 15 is 0 Å². The molecule has 0 spiro atoms. The molecule has 2 rings (SSSR count). The molecular formula is C16H20ClNO. The molecule has 1 saturated carbocycles. The maximum Gasteiger partial charge on any atom is 0.123 e. The first-order chi connectivity index (χ1) is 8.82. The third-order valence-electron chi connectivity index (χ3n) is 4.31. The van der Waals surface area contributed by atoms with E-state index in [0.717, 1.165) is 24.2 Å². The van der Waals surface area contributed by atoms with Gasteiger partial charge in [-0.1, -0.05) is 32.4 Å². The number of hydrogen-bond donors (Lipinski definition) is 0. The lowest BCUT2D eigenvalue weighted by atomic mass is 9.53. The Morgan fingerprint density at radius 1 is 1.37 bits per heavy atom. The van der Waals surface area contributed by atoms with Crippen molar-refractivity contribution in [3.63, 3.8) is 0 Å². The highest BCUT2D eigenvalue weighted by Crippen LogP contribution is 2.56. The van der Waals surface area contributed by atoms with Crippen LogP contribution in [0.2, 0.25) is 5.02 Å². The Morgan fingerprint density at radius 2 is 2.00 bits per heavy atom. The predicted octanol–water partition coefficient (Wildman–Crippen LogP) is 4.57. The summed E-state index contributed by atoms with van der Waals surface area (Å²) in [6.45, 7) is 6.69. The number of hydrogen-bond acceptors (Lipinski definition) is 2. The molecule has 0 radical (unpaired) electrons. The van der Waals surface area contributed by atoms with Gasteiger partial charge in [-0.25, -0.2) is 0 Å². The molecule has 0 saturated heterocycles. The molecule has 0 atom stereocenters. The highest BCUT2D eigenvalue weighted by molar-refractivity contribution is 6.30. The SMILES string of the molecule is COc1ccc(Cl)cc1C1(C#N)CC(C(C)(C)C)C1. The van der Waals surface area contributed by atoms with Gasteiger partial charge in [0.1, 0.15) is 5.75 Å². The predicted molar refractivity (Wildman–Crippen MR) is 77.5 cm³/mol. The normalized spacial score (nSPS) is 26.4. The molecule has 0 aliphatic heterocycles. The van der Waals surface area contributed by atoms with Crippen molar-refractivity contribution in [3.8, 4) is 11.8 Å². The Bertz CT molecular complexity index is 519. The third kappa shape index (κ3) is 2.44. The van der Waals surface area contributed by atoms with Gasteiger partial charge in [-0.15, -0.1) is 0 Å². The van der Waals surface area contributed by atoms with Gasteiger partial charge in [-0.2, -0.15) is 5.26 Å². The first-order valence-electron chi connectivity index (χ1n) is 6.58. The lowest BCUT2D eigenvalue weighted by molar-refractivity contribution is 0.0768. The van der Waals surface area contributed by atoms with Crippen LogP contribution in [0.5, 0.6) is 5.75 Å². The first kappa shape index (κ1) is 14.2. The van der Waals surface area contributed by atoms with E-state index in [1.807, 2.05) is 12.1 Å². The van der Waals surface area contributed by atoms with Crippen molar-refractivity contribution in [2.75, 3.05) is 7.11 Å². The van der Waals surface area contributed by atoms with Gasteiger partial charge >= 0.3 is 0 Å². The molecule has 0 aromatic heterocycles. The summed E-state index contributed by atoms with van der Waals surface area (Å²) in [4.78, 5) is 0. The van der Waals surface area contributed by atoms with Crippen LogP contribution in [0.15, 0.2) is 18.2 Å². The van der Waals surface area contributed by atoms with Gasteiger partial charge in [0, 0.05) is 10.6 Å². The van der Waals surface area contributed by atoms with E-state index in [4.69, 9.17) is 16.3 Å². The Balaban J connectivity index is 2.36. The summed E-state index contributed by atoms with van der Waals surface area (Å²) < 4.78 is 5.40. The van der Waals surface area contributed by atoms with Crippen LogP contribution in [-0.4, -0.2) is 7.11 Å². The van der Waals surface area contributed by atoms with Crippen molar-refractivity contribution < 1.29 is 4.74 Å². The summed E-state index contributed by atoms with van der Waals surface area (Å²) in [7, 11) is 1.64. The summed E-state index contributed by atoms with van der Waals surface area (Å²) >= 11 is 6.08. The largest absolute Gasteiger partial charge is 0.496 e. The van der Waals surface area contributed by atoms with Gasteiger partial charge < -0.3 is 4.74 Å². The third-order valence-corrected chi connectivity index (χ3v) is 4.54. The standard InChI is InChI=1S/C16H20ClNO/c1-15(2,3)11-8-16(9-11,10-18)13-7-12(17)5-6-14(13)19-4/h5-7,11H,8-9H2,1-4H3. The summed E-state index contributed by atoms with van der Waals surface area (Å²) in [5.74, 6) is 1.33. The average Bonchev–Trinajstić information content (AvgIpc) is 2.27. The number of halogens is 1. The number of ether oxygens (including phenoxy) is 1. The van der Waals surface area contributed by atoms with E-state index in [9.17, 15) is 5.26 Å². The Morgan fingerprint density at radius 3 is 2.47 bits per heavy atom. The quantitative estimate of drug-likeness (QED) is 0.793. The minimum Gasteiger partial charge on any atom is -0.496 e. The van der Waals surface area contributed by atoms with Crippen LogP contribution < -0.4 is 4.74 Å². The molecule has 2 nitrogen and oxygen atoms in total. The van der Waals surface area contributed by atoms with Crippen LogP contribution in [0.25, 0.3) is 0 Å². The van der Waals surface area contributed by atoms with Crippen LogP contribution in [-0.2, 0) is 5.41 Å². The zero-order valence-electron chi connectivity index (χ0n) is 12.0. The number of benzene rings is 1. The summed E-state index contributed by atoms with van der Waals surface area (Å²) in [6, 6.07) is 8.02. The lowest BCUT2D eigenvalue weighted by Crippen LogP contribution is -2.45. The van der Waals surface area contributed by atoms with Gasteiger partial charge in [-0.05, 0) is 42.4 Å². The maximum atomic E-state index is 9.64. The molecule has 19 heavy (non-hydrogen) atoms. The molecule has 0 amide bonds. The van der Waals surface area contributed by atoms with Crippen molar-refractivity contribution in [3.05, 3.63) is 28.8 Å². The highest BCUT2D eigenvalue weighted by atomic mass is 35.5. The van der Waals surface area contributed by atoms with Crippen LogP contribution >= 0.6 is 11.6 Å². The molecule has 3 heteroatoms. The Labute approximate surface area is 120 Å². The number of methoxy groups -OCH3 is 1. The van der Waals surface area contributed by atoms with Gasteiger partial charge in [0.2, 0.25) is 0 Å². The van der Waals surface area contributed by atoms with Crippen molar-refractivity contribution in [1.29, 1.82) is 5.26 Å². The fraction of sp³-hybridized carbons (Fsp3) is 0.562. The molecule has 102 valence electrons. The van der Waals surface area contributed by atoms with Crippen molar-refractivity contribution in [1.82, 2.24) is 0 Å². The van der Waals surface area contributed by atoms with E-state index in [1.54, 1.807) is 13.2 Å². The molecule has 1 fully saturated rings. The molecule has 1 aromatic carbocycles. The van der Waals surface area contributed by atoms with Crippen molar-refractivity contribution in [2.45, 2.75) is 39.0 Å². The lowest BCUT2D eigenvalue weighted by Gasteiger charge is -2.49. The fourth-order valence-electron chi connectivity index (χ4n) is 2.82. The number of nitriles is 1. The second-order valence-corrected chi connectivity index (χ2v) is 6.95. The molecule has 1 aliphatic carbocycles. The zero-order chi connectivity index (χ0) is 14.3. The minimum atomic E-state index is -0.436. The van der Waals surface area contributed by atoms with Crippen LogP contribution in [0.1, 0.15) is 39.2 Å². The molecule has 0 bridgehead atoms. The van der Waals surface area contributed by atoms with Crippen molar-refractivity contribution in [2.24, 2.45) is 11.3 Å². The molecular weight excluding hydrogens is 258 g/mol. The number of nitrogens with zero attached hydrogens (tertiary/aromatic N) is 1. The van der Waals surface area contributed by atoms with E-state index in [-0.39, 0.29) is 5.41 Å². The smallest absolute Gasteiger partial charge is 0.123 e. The molecule has 0 heterocycles. The van der Waals surface area contributed by atoms with E-state index in [2.05, 4.69) is 26.8 Å². The summed E-state index contributed by atoms with van der Waals surface area (Å²) in [5, 5.41) is 10.3. The monoisotopic (exact) mass is 277 g/mol.